The number of hydrogen-bond acceptors (Lipinski definition) is 5. The van der Waals surface area contributed by atoms with E-state index in [0.717, 1.165) is 12.1 Å². The lowest BCUT2D eigenvalue weighted by molar-refractivity contribution is -0.127. The molecule has 1 aromatic heterocycles. The third-order valence-electron chi connectivity index (χ3n) is 2.72. The predicted molar refractivity (Wildman–Crippen MR) is 74.5 cm³/mol. The lowest BCUT2D eigenvalue weighted by Gasteiger charge is -2.16. The van der Waals surface area contributed by atoms with Crippen LogP contribution in [-0.4, -0.2) is 42.4 Å². The normalized spacial score (nSPS) is 12.0. The van der Waals surface area contributed by atoms with E-state index in [2.05, 4.69) is 10.3 Å². The van der Waals surface area contributed by atoms with Gasteiger partial charge in [0.2, 0.25) is 0 Å². The molecule has 1 aromatic rings. The highest BCUT2D eigenvalue weighted by molar-refractivity contribution is 5.80. The summed E-state index contributed by atoms with van der Waals surface area (Å²) in [6.07, 6.45) is 0.107. The van der Waals surface area contributed by atoms with Crippen LogP contribution in [0.15, 0.2) is 12.1 Å². The van der Waals surface area contributed by atoms with Crippen molar-refractivity contribution >= 4 is 5.91 Å². The van der Waals surface area contributed by atoms with E-state index in [4.69, 9.17) is 9.47 Å². The molecule has 0 aliphatic carbocycles. The van der Waals surface area contributed by atoms with Crippen molar-refractivity contribution < 1.29 is 19.4 Å². The molecule has 1 rings (SSSR count). The molecule has 6 heteroatoms. The molecule has 0 aliphatic rings. The Morgan fingerprint density at radius 3 is 2.90 bits per heavy atom. The van der Waals surface area contributed by atoms with Crippen LogP contribution >= 0.6 is 0 Å². The minimum absolute atomic E-state index is 0.203. The van der Waals surface area contributed by atoms with E-state index in [1.165, 1.54) is 0 Å². The van der Waals surface area contributed by atoms with E-state index in [9.17, 15) is 9.90 Å². The lowest BCUT2D eigenvalue weighted by atomic mass is 10.3. The number of aromatic nitrogens is 1. The predicted octanol–water partition coefficient (Wildman–Crippen LogP) is 0.802. The number of aryl methyl sites for hydroxylation is 1. The van der Waals surface area contributed by atoms with Gasteiger partial charge >= 0.3 is 0 Å². The van der Waals surface area contributed by atoms with E-state index in [-0.39, 0.29) is 12.5 Å². The molecule has 112 valence electrons. The monoisotopic (exact) mass is 282 g/mol. The van der Waals surface area contributed by atoms with E-state index in [1.807, 2.05) is 6.92 Å². The largest absolute Gasteiger partial charge is 0.479 e. The van der Waals surface area contributed by atoms with Gasteiger partial charge in [-0.05, 0) is 32.4 Å². The quantitative estimate of drug-likeness (QED) is 0.689. The van der Waals surface area contributed by atoms with Crippen LogP contribution in [0.3, 0.4) is 0 Å². The molecule has 0 saturated heterocycles. The minimum Gasteiger partial charge on any atom is -0.479 e. The van der Waals surface area contributed by atoms with Crippen molar-refractivity contribution in [1.29, 1.82) is 0 Å². The molecule has 1 amide bonds. The summed E-state index contributed by atoms with van der Waals surface area (Å²) in [4.78, 5) is 16.0. The number of methoxy groups -OCH3 is 1. The fraction of sp³-hybridized carbons (Fsp3) is 0.571. The van der Waals surface area contributed by atoms with Crippen molar-refractivity contribution in [3.63, 3.8) is 0 Å². The average molecular weight is 282 g/mol. The minimum atomic E-state index is -0.646. The molecule has 1 atom stereocenters. The van der Waals surface area contributed by atoms with Crippen LogP contribution in [0.25, 0.3) is 0 Å². The zero-order valence-corrected chi connectivity index (χ0v) is 12.2. The Morgan fingerprint density at radius 1 is 1.50 bits per heavy atom. The van der Waals surface area contributed by atoms with Gasteiger partial charge in [0.25, 0.3) is 5.91 Å². The highest BCUT2D eigenvalue weighted by Crippen LogP contribution is 2.18. The van der Waals surface area contributed by atoms with Crippen LogP contribution < -0.4 is 10.1 Å². The summed E-state index contributed by atoms with van der Waals surface area (Å²) in [5.74, 6) is 0.225. The number of nitrogens with zero attached hydrogens (tertiary/aromatic N) is 1. The first-order valence-corrected chi connectivity index (χ1v) is 6.59. The van der Waals surface area contributed by atoms with Crippen LogP contribution in [0.5, 0.6) is 5.75 Å². The van der Waals surface area contributed by atoms with Crippen LogP contribution in [0, 0.1) is 6.92 Å². The van der Waals surface area contributed by atoms with Crippen molar-refractivity contribution in [3.8, 4) is 5.75 Å². The number of carbonyl (C=O) groups is 1. The maximum absolute atomic E-state index is 11.8. The molecule has 1 unspecified atom stereocenters. The summed E-state index contributed by atoms with van der Waals surface area (Å²) < 4.78 is 10.4. The van der Waals surface area contributed by atoms with Crippen LogP contribution in [0.1, 0.15) is 24.7 Å². The van der Waals surface area contributed by atoms with Crippen LogP contribution in [0.2, 0.25) is 0 Å². The van der Waals surface area contributed by atoms with Gasteiger partial charge in [-0.3, -0.25) is 9.78 Å². The van der Waals surface area contributed by atoms with Crippen LogP contribution in [-0.2, 0) is 16.1 Å². The van der Waals surface area contributed by atoms with Gasteiger partial charge in [-0.15, -0.1) is 0 Å². The number of carbonyl (C=O) groups excluding carboxylic acids is 1. The van der Waals surface area contributed by atoms with Crippen molar-refractivity contribution in [3.05, 3.63) is 23.5 Å². The number of rotatable bonds is 8. The first kappa shape index (κ1) is 16.4. The Hall–Kier alpha value is -1.66. The zero-order chi connectivity index (χ0) is 15.0. The standard InChI is InChI=1S/C14H22N2O4/c1-10-5-6-13(12(9-17)16-10)20-11(2)14(18)15-7-4-8-19-3/h5-6,11,17H,4,7-9H2,1-3H3,(H,15,18). The molecule has 0 fully saturated rings. The fourth-order valence-corrected chi connectivity index (χ4v) is 1.63. The number of aliphatic hydroxyl groups excluding tert-OH is 1. The van der Waals surface area contributed by atoms with Gasteiger partial charge < -0.3 is 19.9 Å². The Balaban J connectivity index is 2.52. The van der Waals surface area contributed by atoms with Crippen molar-refractivity contribution in [2.75, 3.05) is 20.3 Å². The number of amides is 1. The van der Waals surface area contributed by atoms with Crippen molar-refractivity contribution in [2.24, 2.45) is 0 Å². The summed E-state index contributed by atoms with van der Waals surface area (Å²) in [7, 11) is 1.62. The number of hydrogen-bond donors (Lipinski definition) is 2. The van der Waals surface area contributed by atoms with Crippen molar-refractivity contribution in [1.82, 2.24) is 10.3 Å². The number of ether oxygens (including phenoxy) is 2. The molecule has 0 aliphatic heterocycles. The first-order valence-electron chi connectivity index (χ1n) is 6.59. The fourth-order valence-electron chi connectivity index (χ4n) is 1.63. The molecule has 0 radical (unpaired) electrons. The van der Waals surface area contributed by atoms with E-state index >= 15 is 0 Å². The van der Waals surface area contributed by atoms with E-state index in [0.29, 0.717) is 24.6 Å². The Labute approximate surface area is 119 Å². The third-order valence-corrected chi connectivity index (χ3v) is 2.72. The van der Waals surface area contributed by atoms with E-state index in [1.54, 1.807) is 26.2 Å². The molecule has 2 N–H and O–H groups in total. The lowest BCUT2D eigenvalue weighted by Crippen LogP contribution is -2.37. The van der Waals surface area contributed by atoms with Gasteiger partial charge in [-0.25, -0.2) is 0 Å². The second-order valence-electron chi connectivity index (χ2n) is 4.45. The second kappa shape index (κ2) is 8.50. The molecule has 6 nitrogen and oxygen atoms in total. The highest BCUT2D eigenvalue weighted by atomic mass is 16.5. The number of aliphatic hydroxyl groups is 1. The molecule has 1 heterocycles. The van der Waals surface area contributed by atoms with Gasteiger partial charge in [-0.1, -0.05) is 0 Å². The highest BCUT2D eigenvalue weighted by Gasteiger charge is 2.16. The molecule has 0 saturated carbocycles. The molecular weight excluding hydrogens is 260 g/mol. The van der Waals surface area contributed by atoms with Gasteiger partial charge in [0.05, 0.1) is 6.61 Å². The van der Waals surface area contributed by atoms with Gasteiger partial charge in [0.15, 0.2) is 6.10 Å². The maximum atomic E-state index is 11.8. The molecule has 0 aromatic carbocycles. The SMILES string of the molecule is COCCCNC(=O)C(C)Oc1ccc(C)nc1CO. The van der Waals surface area contributed by atoms with Gasteiger partial charge in [0, 0.05) is 26.0 Å². The van der Waals surface area contributed by atoms with E-state index < -0.39 is 6.10 Å². The number of nitrogens with one attached hydrogen (secondary N) is 1. The Morgan fingerprint density at radius 2 is 2.25 bits per heavy atom. The topological polar surface area (TPSA) is 80.7 Å². The maximum Gasteiger partial charge on any atom is 0.260 e. The smallest absolute Gasteiger partial charge is 0.260 e. The molecular formula is C14H22N2O4. The average Bonchev–Trinajstić information content (AvgIpc) is 2.45. The molecule has 0 spiro atoms. The molecule has 0 bridgehead atoms. The summed E-state index contributed by atoms with van der Waals surface area (Å²) >= 11 is 0. The second-order valence-corrected chi connectivity index (χ2v) is 4.45. The molecule has 20 heavy (non-hydrogen) atoms. The Kier molecular flexibility index (Phi) is 6.97. The van der Waals surface area contributed by atoms with Crippen molar-refractivity contribution in [2.45, 2.75) is 33.0 Å². The summed E-state index contributed by atoms with van der Waals surface area (Å²) in [6.45, 7) is 4.41. The number of pyridine rings is 1. The summed E-state index contributed by atoms with van der Waals surface area (Å²) in [5.41, 5.74) is 1.22. The first-order chi connectivity index (χ1) is 9.58. The summed E-state index contributed by atoms with van der Waals surface area (Å²) in [5, 5.41) is 12.0. The zero-order valence-electron chi connectivity index (χ0n) is 12.2. The summed E-state index contributed by atoms with van der Waals surface area (Å²) in [6, 6.07) is 3.49. The van der Waals surface area contributed by atoms with Gasteiger partial charge in [0.1, 0.15) is 11.4 Å². The van der Waals surface area contributed by atoms with Crippen LogP contribution in [0.4, 0.5) is 0 Å². The third kappa shape index (κ3) is 5.14. The Bertz CT molecular complexity index is 437. The van der Waals surface area contributed by atoms with Gasteiger partial charge in [-0.2, -0.15) is 0 Å².